The molecule has 2 heterocycles. The minimum Gasteiger partial charge on any atom is -0.452 e. The van der Waals surface area contributed by atoms with Gasteiger partial charge < -0.3 is 9.26 Å². The molecule has 140 valence electrons. The molecule has 0 unspecified atom stereocenters. The van der Waals surface area contributed by atoms with Crippen LogP contribution in [0.15, 0.2) is 65.3 Å². The van der Waals surface area contributed by atoms with Gasteiger partial charge in [-0.15, -0.1) is 0 Å². The Morgan fingerprint density at radius 3 is 2.57 bits per heavy atom. The number of para-hydroxylation sites is 1. The maximum absolute atomic E-state index is 12.7. The number of halogens is 1. The molecule has 0 radical (unpaired) electrons. The standard InChI is InChI=1S/C20H15ClN4O3/c1-13-22-18(28-24-13)12-27-20(26)17-11-25(16-5-3-2-4-6-16)23-19(17)14-7-9-15(21)10-8-14/h2-11H,12H2,1H3. The van der Waals surface area contributed by atoms with Crippen LogP contribution in [0.1, 0.15) is 22.1 Å². The fourth-order valence-corrected chi connectivity index (χ4v) is 2.79. The molecule has 0 spiro atoms. The Hall–Kier alpha value is -3.45. The fraction of sp³-hybridized carbons (Fsp3) is 0.100. The van der Waals surface area contributed by atoms with Crippen molar-refractivity contribution in [1.29, 1.82) is 0 Å². The van der Waals surface area contributed by atoms with Crippen LogP contribution < -0.4 is 0 Å². The van der Waals surface area contributed by atoms with E-state index < -0.39 is 5.97 Å². The summed E-state index contributed by atoms with van der Waals surface area (Å²) in [4.78, 5) is 16.8. The normalized spacial score (nSPS) is 10.8. The molecule has 28 heavy (non-hydrogen) atoms. The number of ether oxygens (including phenoxy) is 1. The van der Waals surface area contributed by atoms with Gasteiger partial charge in [-0.2, -0.15) is 10.1 Å². The summed E-state index contributed by atoms with van der Waals surface area (Å²) in [5, 5.41) is 8.86. The highest BCUT2D eigenvalue weighted by Crippen LogP contribution is 2.26. The molecule has 0 aliphatic carbocycles. The first-order valence-electron chi connectivity index (χ1n) is 8.47. The Morgan fingerprint density at radius 2 is 1.89 bits per heavy atom. The average molecular weight is 395 g/mol. The van der Waals surface area contributed by atoms with Gasteiger partial charge in [0.05, 0.1) is 5.69 Å². The summed E-state index contributed by atoms with van der Waals surface area (Å²) in [6.45, 7) is 1.58. The predicted molar refractivity (Wildman–Crippen MR) is 102 cm³/mol. The number of rotatable bonds is 5. The van der Waals surface area contributed by atoms with Gasteiger partial charge in [0.15, 0.2) is 12.4 Å². The maximum atomic E-state index is 12.7. The number of esters is 1. The lowest BCUT2D eigenvalue weighted by Gasteiger charge is -2.03. The molecule has 0 saturated carbocycles. The minimum absolute atomic E-state index is 0.115. The number of hydrogen-bond donors (Lipinski definition) is 0. The number of aryl methyl sites for hydroxylation is 1. The molecular formula is C20H15ClN4O3. The van der Waals surface area contributed by atoms with E-state index in [2.05, 4.69) is 15.2 Å². The predicted octanol–water partition coefficient (Wildman–Crippen LogP) is 4.24. The molecule has 0 amide bonds. The lowest BCUT2D eigenvalue weighted by Crippen LogP contribution is -2.06. The molecule has 8 heteroatoms. The van der Waals surface area contributed by atoms with Crippen LogP contribution >= 0.6 is 11.6 Å². The van der Waals surface area contributed by atoms with Crippen molar-refractivity contribution in [2.24, 2.45) is 0 Å². The summed E-state index contributed by atoms with van der Waals surface area (Å²) in [6, 6.07) is 16.6. The highest BCUT2D eigenvalue weighted by atomic mass is 35.5. The molecule has 4 rings (SSSR count). The van der Waals surface area contributed by atoms with Crippen LogP contribution in [0.4, 0.5) is 0 Å². The van der Waals surface area contributed by atoms with Gasteiger partial charge in [0.1, 0.15) is 11.3 Å². The lowest BCUT2D eigenvalue weighted by molar-refractivity contribution is 0.0430. The van der Waals surface area contributed by atoms with E-state index in [-0.39, 0.29) is 12.5 Å². The van der Waals surface area contributed by atoms with E-state index >= 15 is 0 Å². The van der Waals surface area contributed by atoms with E-state index in [0.717, 1.165) is 11.3 Å². The van der Waals surface area contributed by atoms with Gasteiger partial charge in [-0.25, -0.2) is 9.48 Å². The molecule has 0 aliphatic heterocycles. The van der Waals surface area contributed by atoms with Crippen molar-refractivity contribution in [3.8, 4) is 16.9 Å². The van der Waals surface area contributed by atoms with E-state index in [0.29, 0.717) is 22.1 Å². The van der Waals surface area contributed by atoms with Crippen molar-refractivity contribution in [3.63, 3.8) is 0 Å². The maximum Gasteiger partial charge on any atom is 0.342 e. The van der Waals surface area contributed by atoms with Crippen LogP contribution in [0.25, 0.3) is 16.9 Å². The molecule has 0 saturated heterocycles. The smallest absolute Gasteiger partial charge is 0.342 e. The quantitative estimate of drug-likeness (QED) is 0.471. The third kappa shape index (κ3) is 3.79. The van der Waals surface area contributed by atoms with E-state index in [1.54, 1.807) is 42.1 Å². The first kappa shape index (κ1) is 17.9. The van der Waals surface area contributed by atoms with Crippen molar-refractivity contribution in [1.82, 2.24) is 19.9 Å². The molecule has 4 aromatic rings. The van der Waals surface area contributed by atoms with E-state index in [4.69, 9.17) is 20.9 Å². The summed E-state index contributed by atoms with van der Waals surface area (Å²) in [5.41, 5.74) is 2.39. The van der Waals surface area contributed by atoms with Crippen molar-refractivity contribution in [3.05, 3.63) is 83.1 Å². The second-order valence-electron chi connectivity index (χ2n) is 5.99. The lowest BCUT2D eigenvalue weighted by atomic mass is 10.1. The molecular weight excluding hydrogens is 380 g/mol. The highest BCUT2D eigenvalue weighted by Gasteiger charge is 2.21. The average Bonchev–Trinajstić information content (AvgIpc) is 3.34. The molecule has 0 bridgehead atoms. The summed E-state index contributed by atoms with van der Waals surface area (Å²) in [6.07, 6.45) is 1.64. The van der Waals surface area contributed by atoms with Crippen molar-refractivity contribution < 1.29 is 14.1 Å². The summed E-state index contributed by atoms with van der Waals surface area (Å²) >= 11 is 5.98. The molecule has 0 fully saturated rings. The van der Waals surface area contributed by atoms with Gasteiger partial charge in [-0.1, -0.05) is 47.1 Å². The van der Waals surface area contributed by atoms with Crippen LogP contribution in [0.2, 0.25) is 5.02 Å². The fourth-order valence-electron chi connectivity index (χ4n) is 2.66. The summed E-state index contributed by atoms with van der Waals surface area (Å²) < 4.78 is 12.0. The zero-order chi connectivity index (χ0) is 19.5. The topological polar surface area (TPSA) is 83.0 Å². The zero-order valence-corrected chi connectivity index (χ0v) is 15.6. The highest BCUT2D eigenvalue weighted by molar-refractivity contribution is 6.30. The van der Waals surface area contributed by atoms with E-state index in [9.17, 15) is 4.79 Å². The van der Waals surface area contributed by atoms with Crippen molar-refractivity contribution in [2.75, 3.05) is 0 Å². The minimum atomic E-state index is -0.539. The van der Waals surface area contributed by atoms with Crippen molar-refractivity contribution in [2.45, 2.75) is 13.5 Å². The number of carbonyl (C=O) groups is 1. The van der Waals surface area contributed by atoms with Crippen LogP contribution in [-0.4, -0.2) is 25.9 Å². The summed E-state index contributed by atoms with van der Waals surface area (Å²) in [5.74, 6) is 0.169. The Bertz CT molecular complexity index is 1100. The monoisotopic (exact) mass is 394 g/mol. The second kappa shape index (κ2) is 7.66. The molecule has 2 aromatic carbocycles. The largest absolute Gasteiger partial charge is 0.452 e. The third-order valence-electron chi connectivity index (χ3n) is 3.97. The Balaban J connectivity index is 1.68. The molecule has 0 atom stereocenters. The zero-order valence-electron chi connectivity index (χ0n) is 14.9. The molecule has 2 aromatic heterocycles. The number of hydrogen-bond acceptors (Lipinski definition) is 6. The second-order valence-corrected chi connectivity index (χ2v) is 6.43. The Kier molecular flexibility index (Phi) is 4.90. The van der Waals surface area contributed by atoms with Gasteiger partial charge in [0.2, 0.25) is 0 Å². The number of benzene rings is 2. The van der Waals surface area contributed by atoms with Gasteiger partial charge in [0.25, 0.3) is 5.89 Å². The van der Waals surface area contributed by atoms with Crippen LogP contribution in [-0.2, 0) is 11.3 Å². The van der Waals surface area contributed by atoms with Gasteiger partial charge in [-0.3, -0.25) is 0 Å². The Morgan fingerprint density at radius 1 is 1.14 bits per heavy atom. The summed E-state index contributed by atoms with van der Waals surface area (Å²) in [7, 11) is 0. The molecule has 0 N–H and O–H groups in total. The first-order chi connectivity index (χ1) is 13.6. The van der Waals surface area contributed by atoms with Crippen molar-refractivity contribution >= 4 is 17.6 Å². The molecule has 0 aliphatic rings. The van der Waals surface area contributed by atoms with Gasteiger partial charge in [0, 0.05) is 16.8 Å². The van der Waals surface area contributed by atoms with E-state index in [1.807, 2.05) is 30.3 Å². The van der Waals surface area contributed by atoms with Gasteiger partial charge >= 0.3 is 5.97 Å². The van der Waals surface area contributed by atoms with E-state index in [1.165, 1.54) is 0 Å². The number of aromatic nitrogens is 4. The van der Waals surface area contributed by atoms with Crippen LogP contribution in [0.3, 0.4) is 0 Å². The molecule has 7 nitrogen and oxygen atoms in total. The number of carbonyl (C=O) groups excluding carboxylic acids is 1. The van der Waals surface area contributed by atoms with Crippen LogP contribution in [0.5, 0.6) is 0 Å². The van der Waals surface area contributed by atoms with Crippen LogP contribution in [0, 0.1) is 6.92 Å². The number of nitrogens with zero attached hydrogens (tertiary/aromatic N) is 4. The SMILES string of the molecule is Cc1noc(COC(=O)c2cn(-c3ccccc3)nc2-c2ccc(Cl)cc2)n1. The van der Waals surface area contributed by atoms with Gasteiger partial charge in [-0.05, 0) is 31.2 Å². The Labute approximate surface area is 165 Å². The first-order valence-corrected chi connectivity index (χ1v) is 8.85. The third-order valence-corrected chi connectivity index (χ3v) is 4.22.